The molecule has 0 spiro atoms. The zero-order valence-electron chi connectivity index (χ0n) is 18.9. The smallest absolute Gasteiger partial charge is 0.313 e. The van der Waals surface area contributed by atoms with Gasteiger partial charge in [0.15, 0.2) is 0 Å². The monoisotopic (exact) mass is 418 g/mol. The van der Waals surface area contributed by atoms with Crippen LogP contribution in [0, 0.1) is 11.8 Å². The van der Waals surface area contributed by atoms with Crippen molar-refractivity contribution in [3.63, 3.8) is 0 Å². The van der Waals surface area contributed by atoms with E-state index in [4.69, 9.17) is 5.11 Å². The first-order valence-electron chi connectivity index (χ1n) is 11.1. The van der Waals surface area contributed by atoms with E-state index in [0.717, 1.165) is 18.4 Å². The summed E-state index contributed by atoms with van der Waals surface area (Å²) >= 11 is 0. The van der Waals surface area contributed by atoms with Crippen LogP contribution in [0.3, 0.4) is 0 Å². The summed E-state index contributed by atoms with van der Waals surface area (Å²) in [5.74, 6) is -1.27. The van der Waals surface area contributed by atoms with E-state index in [-0.39, 0.29) is 11.7 Å². The van der Waals surface area contributed by atoms with Crippen LogP contribution in [0.5, 0.6) is 0 Å². The number of carbonyl (C=O) groups is 3. The van der Waals surface area contributed by atoms with Crippen LogP contribution in [-0.2, 0) is 26.2 Å². The van der Waals surface area contributed by atoms with E-state index >= 15 is 0 Å². The minimum atomic E-state index is -0.952. The maximum Gasteiger partial charge on any atom is 0.313 e. The van der Waals surface area contributed by atoms with Crippen molar-refractivity contribution < 1.29 is 24.6 Å². The lowest BCUT2D eigenvalue weighted by atomic mass is 9.77. The molecule has 0 aliphatic carbocycles. The summed E-state index contributed by atoms with van der Waals surface area (Å²) in [5, 5.41) is 18.7. The Morgan fingerprint density at radius 3 is 1.97 bits per heavy atom. The number of benzene rings is 1. The molecule has 1 aromatic rings. The minimum absolute atomic E-state index is 0.174. The van der Waals surface area contributed by atoms with Crippen LogP contribution in [0.1, 0.15) is 90.2 Å². The molecule has 2 unspecified atom stereocenters. The Bertz CT molecular complexity index is 692. The fraction of sp³-hybridized carbons (Fsp3) is 0.640. The second-order valence-electron chi connectivity index (χ2n) is 9.16. The Hall–Kier alpha value is -2.17. The number of unbranched alkanes of at least 4 members (excludes halogenated alkanes) is 2. The number of rotatable bonds is 15. The average molecular weight is 419 g/mol. The molecule has 0 amide bonds. The van der Waals surface area contributed by atoms with Crippen LogP contribution in [0.15, 0.2) is 24.3 Å². The number of carbonyl (C=O) groups excluding carboxylic acids is 1. The molecule has 0 saturated carbocycles. The van der Waals surface area contributed by atoms with Gasteiger partial charge in [-0.25, -0.2) is 0 Å². The van der Waals surface area contributed by atoms with Crippen molar-refractivity contribution in [3.8, 4) is 0 Å². The van der Waals surface area contributed by atoms with Crippen LogP contribution >= 0.6 is 0 Å². The van der Waals surface area contributed by atoms with Crippen molar-refractivity contribution in [2.24, 2.45) is 11.8 Å². The van der Waals surface area contributed by atoms with Crippen LogP contribution in [0.2, 0.25) is 0 Å². The van der Waals surface area contributed by atoms with E-state index in [9.17, 15) is 19.5 Å². The first-order chi connectivity index (χ1) is 14.1. The van der Waals surface area contributed by atoms with Gasteiger partial charge < -0.3 is 10.2 Å². The molecule has 0 aliphatic heterocycles. The highest BCUT2D eigenvalue weighted by Gasteiger charge is 2.34. The first-order valence-corrected chi connectivity index (χ1v) is 11.1. The standard InChI is InChI=1S/C25H38O5/c1-18(2)17-20-12-14-21(15-13-20)25(4,24(29)30)16-8-7-11-22(26)10-6-5-9-19(3)23(27)28/h12-15,18-19H,5-11,16-17H2,1-4H3,(H,27,28)(H,29,30). The highest BCUT2D eigenvalue weighted by atomic mass is 16.4. The highest BCUT2D eigenvalue weighted by molar-refractivity contribution is 5.81. The summed E-state index contributed by atoms with van der Waals surface area (Å²) in [6, 6.07) is 7.89. The topological polar surface area (TPSA) is 91.7 Å². The van der Waals surface area contributed by atoms with Crippen LogP contribution < -0.4 is 0 Å². The summed E-state index contributed by atoms with van der Waals surface area (Å²) < 4.78 is 0. The third-order valence-electron chi connectivity index (χ3n) is 5.85. The molecule has 30 heavy (non-hydrogen) atoms. The van der Waals surface area contributed by atoms with Crippen molar-refractivity contribution in [2.75, 3.05) is 0 Å². The quantitative estimate of drug-likeness (QED) is 0.360. The Labute approximate surface area is 180 Å². The van der Waals surface area contributed by atoms with Crippen LogP contribution in [0.25, 0.3) is 0 Å². The molecule has 0 heterocycles. The Morgan fingerprint density at radius 2 is 1.47 bits per heavy atom. The number of Topliss-reactive ketones (excluding diaryl/α,β-unsaturated/α-hetero) is 1. The number of hydrogen-bond acceptors (Lipinski definition) is 3. The molecule has 1 aromatic carbocycles. The molecule has 2 atom stereocenters. The van der Waals surface area contributed by atoms with E-state index in [0.29, 0.717) is 50.9 Å². The summed E-state index contributed by atoms with van der Waals surface area (Å²) in [6.45, 7) is 7.76. The third-order valence-corrected chi connectivity index (χ3v) is 5.85. The molecule has 0 fully saturated rings. The molecular weight excluding hydrogens is 380 g/mol. The van der Waals surface area contributed by atoms with Crippen molar-refractivity contribution in [1.82, 2.24) is 0 Å². The van der Waals surface area contributed by atoms with Gasteiger partial charge in [0, 0.05) is 12.8 Å². The zero-order chi connectivity index (χ0) is 22.7. The fourth-order valence-electron chi connectivity index (χ4n) is 3.68. The summed E-state index contributed by atoms with van der Waals surface area (Å²) in [5.41, 5.74) is 1.07. The molecular formula is C25H38O5. The van der Waals surface area contributed by atoms with Crippen molar-refractivity contribution >= 4 is 17.7 Å². The van der Waals surface area contributed by atoms with Gasteiger partial charge in [-0.15, -0.1) is 0 Å². The third kappa shape index (κ3) is 8.68. The van der Waals surface area contributed by atoms with Gasteiger partial charge in [0.2, 0.25) is 0 Å². The number of hydrogen-bond donors (Lipinski definition) is 2. The fourth-order valence-corrected chi connectivity index (χ4v) is 3.68. The maximum atomic E-state index is 12.0. The Kier molecular flexibility index (Phi) is 10.8. The molecule has 168 valence electrons. The number of carboxylic acids is 2. The van der Waals surface area contributed by atoms with Gasteiger partial charge in [0.25, 0.3) is 0 Å². The maximum absolute atomic E-state index is 12.0. The largest absolute Gasteiger partial charge is 0.481 e. The molecule has 1 rings (SSSR count). The molecule has 5 heteroatoms. The summed E-state index contributed by atoms with van der Waals surface area (Å²) in [4.78, 5) is 34.8. The van der Waals surface area contributed by atoms with E-state index in [1.807, 2.05) is 24.3 Å². The van der Waals surface area contributed by atoms with E-state index < -0.39 is 17.4 Å². The lowest BCUT2D eigenvalue weighted by Gasteiger charge is -2.25. The number of aliphatic carboxylic acids is 2. The molecule has 0 aromatic heterocycles. The zero-order valence-corrected chi connectivity index (χ0v) is 18.9. The minimum Gasteiger partial charge on any atom is -0.481 e. The summed E-state index contributed by atoms with van der Waals surface area (Å²) in [7, 11) is 0. The van der Waals surface area contributed by atoms with Crippen molar-refractivity contribution in [1.29, 1.82) is 0 Å². The van der Waals surface area contributed by atoms with Gasteiger partial charge in [-0.05, 0) is 56.1 Å². The van der Waals surface area contributed by atoms with Gasteiger partial charge in [0.1, 0.15) is 5.78 Å². The number of ketones is 1. The summed E-state index contributed by atoms with van der Waals surface area (Å²) in [6.07, 6.45) is 5.80. The van der Waals surface area contributed by atoms with Gasteiger partial charge in [-0.3, -0.25) is 14.4 Å². The Morgan fingerprint density at radius 1 is 0.900 bits per heavy atom. The predicted octanol–water partition coefficient (Wildman–Crippen LogP) is 5.64. The van der Waals surface area contributed by atoms with Gasteiger partial charge in [-0.2, -0.15) is 0 Å². The molecule has 0 saturated heterocycles. The molecule has 2 N–H and O–H groups in total. The van der Waals surface area contributed by atoms with Gasteiger partial charge >= 0.3 is 11.9 Å². The molecule has 0 aliphatic rings. The second-order valence-corrected chi connectivity index (χ2v) is 9.16. The van der Waals surface area contributed by atoms with E-state index in [1.165, 1.54) is 5.56 Å². The first kappa shape index (κ1) is 25.9. The second kappa shape index (κ2) is 12.5. The van der Waals surface area contributed by atoms with Crippen molar-refractivity contribution in [3.05, 3.63) is 35.4 Å². The predicted molar refractivity (Wildman–Crippen MR) is 119 cm³/mol. The van der Waals surface area contributed by atoms with Crippen molar-refractivity contribution in [2.45, 2.75) is 90.9 Å². The van der Waals surface area contributed by atoms with Gasteiger partial charge in [0.05, 0.1) is 11.3 Å². The molecule has 0 radical (unpaired) electrons. The highest BCUT2D eigenvalue weighted by Crippen LogP contribution is 2.31. The Balaban J connectivity index is 2.45. The lowest BCUT2D eigenvalue weighted by molar-refractivity contribution is -0.143. The SMILES string of the molecule is CC(C)Cc1ccc(C(C)(CCCCC(=O)CCCCC(C)C(=O)O)C(=O)O)cc1. The average Bonchev–Trinajstić information content (AvgIpc) is 2.68. The molecule has 0 bridgehead atoms. The van der Waals surface area contributed by atoms with E-state index in [2.05, 4.69) is 13.8 Å². The van der Waals surface area contributed by atoms with Crippen LogP contribution in [0.4, 0.5) is 0 Å². The lowest BCUT2D eigenvalue weighted by Crippen LogP contribution is -2.32. The molecule has 5 nitrogen and oxygen atoms in total. The normalized spacial score (nSPS) is 14.3. The van der Waals surface area contributed by atoms with E-state index in [1.54, 1.807) is 13.8 Å². The van der Waals surface area contributed by atoms with Crippen LogP contribution in [-0.4, -0.2) is 27.9 Å². The van der Waals surface area contributed by atoms with Gasteiger partial charge in [-0.1, -0.05) is 57.9 Å². The number of carboxylic acid groups (broad SMARTS) is 2.